The lowest BCUT2D eigenvalue weighted by Crippen LogP contribution is -2.34. The molecule has 0 aliphatic rings. The Morgan fingerprint density at radius 1 is 0.333 bits per heavy atom. The Balaban J connectivity index is 4.92. The molecule has 0 aromatic heterocycles. The minimum atomic E-state index is 0.791. The maximum Gasteiger partial charge on any atom is -0.0334 e. The minimum absolute atomic E-state index is 0.791. The second-order valence-corrected chi connectivity index (χ2v) is 7.75. The summed E-state index contributed by atoms with van der Waals surface area (Å²) >= 11 is 0. The van der Waals surface area contributed by atoms with Gasteiger partial charge in [0.15, 0.2) is 0 Å². The average Bonchev–Trinajstić information content (AvgIpc) is 2.25. The fourth-order valence-corrected chi connectivity index (χ4v) is 3.57. The molecule has 0 saturated heterocycles. The molecule has 0 aliphatic carbocycles. The van der Waals surface area contributed by atoms with Gasteiger partial charge in [0.1, 0.15) is 0 Å². The Morgan fingerprint density at radius 3 is 1.00 bits per heavy atom. The lowest BCUT2D eigenvalue weighted by molar-refractivity contribution is 0.0803. The first-order chi connectivity index (χ1) is 8.11. The van der Waals surface area contributed by atoms with Gasteiger partial charge in [-0.15, -0.1) is 0 Å². The molecule has 0 amide bonds. The number of hydrogen-bond acceptors (Lipinski definition) is 0. The molecule has 0 bridgehead atoms. The van der Waals surface area contributed by atoms with E-state index < -0.39 is 0 Å². The standard InChI is InChI=1S/C18H38/c1-11(2)14(7)16(9)17(10)18(13(5)6)15(8)12(3)4/h11-18H,1-10H3. The summed E-state index contributed by atoms with van der Waals surface area (Å²) in [6, 6.07) is 0. The normalized spacial score (nSPS) is 21.2. The first kappa shape index (κ1) is 18.0. The van der Waals surface area contributed by atoms with Crippen LogP contribution in [0.2, 0.25) is 0 Å². The predicted molar refractivity (Wildman–Crippen MR) is 84.7 cm³/mol. The van der Waals surface area contributed by atoms with Crippen LogP contribution >= 0.6 is 0 Å². The molecule has 0 nitrogen and oxygen atoms in total. The van der Waals surface area contributed by atoms with E-state index in [0.717, 1.165) is 47.3 Å². The first-order valence-corrected chi connectivity index (χ1v) is 8.11. The Labute approximate surface area is 117 Å². The summed E-state index contributed by atoms with van der Waals surface area (Å²) in [5.74, 6) is 6.51. The second kappa shape index (κ2) is 7.56. The molecule has 5 unspecified atom stereocenters. The van der Waals surface area contributed by atoms with Crippen molar-refractivity contribution in [2.45, 2.75) is 69.2 Å². The highest BCUT2D eigenvalue weighted by molar-refractivity contribution is 4.82. The van der Waals surface area contributed by atoms with Crippen molar-refractivity contribution in [3.8, 4) is 0 Å². The summed E-state index contributed by atoms with van der Waals surface area (Å²) < 4.78 is 0. The zero-order valence-corrected chi connectivity index (χ0v) is 14.6. The van der Waals surface area contributed by atoms with Crippen LogP contribution in [0.1, 0.15) is 69.2 Å². The van der Waals surface area contributed by atoms with Crippen LogP contribution in [0.5, 0.6) is 0 Å². The van der Waals surface area contributed by atoms with E-state index in [4.69, 9.17) is 0 Å². The van der Waals surface area contributed by atoms with Crippen LogP contribution in [0.4, 0.5) is 0 Å². The van der Waals surface area contributed by atoms with Crippen molar-refractivity contribution in [2.24, 2.45) is 47.3 Å². The van der Waals surface area contributed by atoms with E-state index in [1.54, 1.807) is 0 Å². The van der Waals surface area contributed by atoms with Crippen molar-refractivity contribution >= 4 is 0 Å². The quantitative estimate of drug-likeness (QED) is 0.514. The molecule has 0 rings (SSSR count). The molecule has 0 heterocycles. The number of hydrogen-bond donors (Lipinski definition) is 0. The zero-order valence-electron chi connectivity index (χ0n) is 14.6. The van der Waals surface area contributed by atoms with E-state index >= 15 is 0 Å². The van der Waals surface area contributed by atoms with Crippen LogP contribution in [0.3, 0.4) is 0 Å². The van der Waals surface area contributed by atoms with E-state index in [1.165, 1.54) is 0 Å². The summed E-state index contributed by atoms with van der Waals surface area (Å²) in [7, 11) is 0. The molecule has 0 heteroatoms. The van der Waals surface area contributed by atoms with E-state index in [-0.39, 0.29) is 0 Å². The summed E-state index contributed by atoms with van der Waals surface area (Å²) in [5, 5.41) is 0. The van der Waals surface area contributed by atoms with Gasteiger partial charge in [0.25, 0.3) is 0 Å². The third kappa shape index (κ3) is 4.59. The van der Waals surface area contributed by atoms with Gasteiger partial charge in [-0.25, -0.2) is 0 Å². The molecule has 0 aromatic carbocycles. The Morgan fingerprint density at radius 2 is 0.722 bits per heavy atom. The lowest BCUT2D eigenvalue weighted by Gasteiger charge is -2.40. The second-order valence-electron chi connectivity index (χ2n) is 7.75. The Bertz CT molecular complexity index is 214. The molecule has 0 N–H and O–H groups in total. The van der Waals surface area contributed by atoms with Gasteiger partial charge in [0, 0.05) is 0 Å². The van der Waals surface area contributed by atoms with Gasteiger partial charge in [-0.05, 0) is 47.3 Å². The van der Waals surface area contributed by atoms with Gasteiger partial charge in [-0.3, -0.25) is 0 Å². The van der Waals surface area contributed by atoms with Crippen LogP contribution in [-0.2, 0) is 0 Å². The highest BCUT2D eigenvalue weighted by atomic mass is 14.4. The summed E-state index contributed by atoms with van der Waals surface area (Å²) in [6.07, 6.45) is 0. The topological polar surface area (TPSA) is 0 Å². The monoisotopic (exact) mass is 254 g/mol. The summed E-state index contributed by atoms with van der Waals surface area (Å²) in [4.78, 5) is 0. The van der Waals surface area contributed by atoms with Crippen LogP contribution in [0.25, 0.3) is 0 Å². The maximum atomic E-state index is 2.49. The van der Waals surface area contributed by atoms with E-state index in [1.807, 2.05) is 0 Å². The Hall–Kier alpha value is 0. The molecule has 5 atom stereocenters. The van der Waals surface area contributed by atoms with Gasteiger partial charge < -0.3 is 0 Å². The van der Waals surface area contributed by atoms with Gasteiger partial charge in [0.2, 0.25) is 0 Å². The van der Waals surface area contributed by atoms with Crippen molar-refractivity contribution in [2.75, 3.05) is 0 Å². The molecular weight excluding hydrogens is 216 g/mol. The fourth-order valence-electron chi connectivity index (χ4n) is 3.57. The smallest absolute Gasteiger partial charge is 0.0334 e. The van der Waals surface area contributed by atoms with Crippen LogP contribution < -0.4 is 0 Å². The molecule has 0 spiro atoms. The van der Waals surface area contributed by atoms with E-state index in [0.29, 0.717) is 0 Å². The Kier molecular flexibility index (Phi) is 7.56. The predicted octanol–water partition coefficient (Wildman–Crippen LogP) is 6.12. The van der Waals surface area contributed by atoms with Crippen molar-refractivity contribution in [3.63, 3.8) is 0 Å². The van der Waals surface area contributed by atoms with Gasteiger partial charge in [0.05, 0.1) is 0 Å². The first-order valence-electron chi connectivity index (χ1n) is 8.11. The van der Waals surface area contributed by atoms with Crippen LogP contribution in [0.15, 0.2) is 0 Å². The average molecular weight is 255 g/mol. The van der Waals surface area contributed by atoms with Crippen molar-refractivity contribution in [3.05, 3.63) is 0 Å². The van der Waals surface area contributed by atoms with Gasteiger partial charge in [-0.1, -0.05) is 69.2 Å². The van der Waals surface area contributed by atoms with Crippen molar-refractivity contribution in [1.82, 2.24) is 0 Å². The van der Waals surface area contributed by atoms with Crippen LogP contribution in [-0.4, -0.2) is 0 Å². The van der Waals surface area contributed by atoms with E-state index in [2.05, 4.69) is 69.2 Å². The molecule has 0 aromatic rings. The largest absolute Gasteiger partial charge is 0.0625 e. The SMILES string of the molecule is CC(C)C(C)C(C)C(C)C(C(C)C)C(C)C(C)C. The summed E-state index contributed by atoms with van der Waals surface area (Å²) in [5.41, 5.74) is 0. The molecule has 0 radical (unpaired) electrons. The number of rotatable bonds is 7. The van der Waals surface area contributed by atoms with E-state index in [9.17, 15) is 0 Å². The maximum absolute atomic E-state index is 2.49. The minimum Gasteiger partial charge on any atom is -0.0625 e. The highest BCUT2D eigenvalue weighted by Gasteiger charge is 2.33. The van der Waals surface area contributed by atoms with Gasteiger partial charge >= 0.3 is 0 Å². The third-order valence-electron chi connectivity index (χ3n) is 5.75. The van der Waals surface area contributed by atoms with Crippen molar-refractivity contribution < 1.29 is 0 Å². The van der Waals surface area contributed by atoms with Crippen LogP contribution in [0, 0.1) is 47.3 Å². The molecule has 0 saturated carbocycles. The molecular formula is C18H38. The molecule has 110 valence electrons. The lowest BCUT2D eigenvalue weighted by atomic mass is 9.65. The zero-order chi connectivity index (χ0) is 14.6. The highest BCUT2D eigenvalue weighted by Crippen LogP contribution is 2.40. The molecule has 0 aliphatic heterocycles. The van der Waals surface area contributed by atoms with Crippen molar-refractivity contribution in [1.29, 1.82) is 0 Å². The van der Waals surface area contributed by atoms with Gasteiger partial charge in [-0.2, -0.15) is 0 Å². The molecule has 0 fully saturated rings. The summed E-state index contributed by atoms with van der Waals surface area (Å²) in [6.45, 7) is 24.2. The fraction of sp³-hybridized carbons (Fsp3) is 1.00. The molecule has 18 heavy (non-hydrogen) atoms. The third-order valence-corrected chi connectivity index (χ3v) is 5.75.